The van der Waals surface area contributed by atoms with E-state index in [0.29, 0.717) is 49.6 Å². The summed E-state index contributed by atoms with van der Waals surface area (Å²) in [5.41, 5.74) is 1.44. The lowest BCUT2D eigenvalue weighted by atomic mass is 10.1. The van der Waals surface area contributed by atoms with Gasteiger partial charge in [-0.15, -0.1) is 0 Å². The van der Waals surface area contributed by atoms with Crippen molar-refractivity contribution in [2.24, 2.45) is 5.14 Å². The van der Waals surface area contributed by atoms with Gasteiger partial charge < -0.3 is 9.80 Å². The zero-order valence-corrected chi connectivity index (χ0v) is 17.3. The van der Waals surface area contributed by atoms with Crippen LogP contribution in [0.15, 0.2) is 53.4 Å². The fraction of sp³-hybridized carbons (Fsp3) is 0.300. The lowest BCUT2D eigenvalue weighted by Crippen LogP contribution is -2.50. The lowest BCUT2D eigenvalue weighted by molar-refractivity contribution is -0.132. The van der Waals surface area contributed by atoms with Crippen LogP contribution in [0.3, 0.4) is 0 Å². The second kappa shape index (κ2) is 8.94. The molecule has 0 bridgehead atoms. The Balaban J connectivity index is 1.48. The van der Waals surface area contributed by atoms with E-state index < -0.39 is 10.0 Å². The number of aryl methyl sites for hydroxylation is 1. The number of sulfonamides is 1. The fourth-order valence-electron chi connectivity index (χ4n) is 3.19. The van der Waals surface area contributed by atoms with Crippen LogP contribution in [0.25, 0.3) is 0 Å². The van der Waals surface area contributed by atoms with Crippen LogP contribution in [0.1, 0.15) is 22.3 Å². The zero-order valence-electron chi connectivity index (χ0n) is 15.8. The number of piperazine rings is 1. The first-order chi connectivity index (χ1) is 13.7. The molecule has 2 aromatic carbocycles. The predicted octanol–water partition coefficient (Wildman–Crippen LogP) is 1.90. The average molecular weight is 436 g/mol. The van der Waals surface area contributed by atoms with Crippen molar-refractivity contribution in [3.63, 3.8) is 0 Å². The molecule has 0 radical (unpaired) electrons. The average Bonchev–Trinajstić information content (AvgIpc) is 2.72. The van der Waals surface area contributed by atoms with Crippen molar-refractivity contribution in [2.75, 3.05) is 26.2 Å². The van der Waals surface area contributed by atoms with E-state index in [2.05, 4.69) is 0 Å². The van der Waals surface area contributed by atoms with Crippen LogP contribution < -0.4 is 5.14 Å². The third-order valence-corrected chi connectivity index (χ3v) is 6.07. The number of nitrogens with zero attached hydrogens (tertiary/aromatic N) is 2. The molecule has 29 heavy (non-hydrogen) atoms. The molecule has 9 heteroatoms. The van der Waals surface area contributed by atoms with E-state index in [1.807, 2.05) is 0 Å². The molecule has 1 fully saturated rings. The van der Waals surface area contributed by atoms with Gasteiger partial charge in [0.25, 0.3) is 5.91 Å². The molecule has 0 unspecified atom stereocenters. The van der Waals surface area contributed by atoms with E-state index in [-0.39, 0.29) is 16.7 Å². The number of hydrogen-bond acceptors (Lipinski definition) is 4. The number of benzene rings is 2. The molecule has 0 aliphatic carbocycles. The summed E-state index contributed by atoms with van der Waals surface area (Å²) in [5.74, 6) is -0.0529. The van der Waals surface area contributed by atoms with Gasteiger partial charge in [-0.05, 0) is 48.4 Å². The highest BCUT2D eigenvalue weighted by Gasteiger charge is 2.24. The number of nitrogens with two attached hydrogens (primary N) is 1. The minimum atomic E-state index is -3.72. The van der Waals surface area contributed by atoms with Gasteiger partial charge in [0.2, 0.25) is 15.9 Å². The minimum Gasteiger partial charge on any atom is -0.339 e. The summed E-state index contributed by atoms with van der Waals surface area (Å²) in [6.45, 7) is 1.94. The van der Waals surface area contributed by atoms with Crippen LogP contribution in [0.2, 0.25) is 5.02 Å². The third kappa shape index (κ3) is 5.56. The van der Waals surface area contributed by atoms with Crippen molar-refractivity contribution in [3.05, 3.63) is 64.7 Å². The summed E-state index contributed by atoms with van der Waals surface area (Å²) in [7, 11) is -3.72. The van der Waals surface area contributed by atoms with Gasteiger partial charge in [-0.3, -0.25) is 9.59 Å². The molecule has 2 N–H and O–H groups in total. The molecule has 1 aliphatic rings. The molecule has 0 spiro atoms. The highest BCUT2D eigenvalue weighted by Crippen LogP contribution is 2.15. The number of primary sulfonamides is 1. The first kappa shape index (κ1) is 21.3. The minimum absolute atomic E-state index is 0.0131. The van der Waals surface area contributed by atoms with E-state index in [0.717, 1.165) is 5.56 Å². The van der Waals surface area contributed by atoms with Crippen LogP contribution in [0.4, 0.5) is 0 Å². The van der Waals surface area contributed by atoms with Crippen molar-refractivity contribution in [1.29, 1.82) is 0 Å². The van der Waals surface area contributed by atoms with Crippen molar-refractivity contribution in [1.82, 2.24) is 9.80 Å². The van der Waals surface area contributed by atoms with Crippen molar-refractivity contribution in [2.45, 2.75) is 17.7 Å². The number of halogens is 1. The molecular formula is C20H22ClN3O4S. The second-order valence-corrected chi connectivity index (χ2v) is 8.87. The first-order valence-corrected chi connectivity index (χ1v) is 11.1. The highest BCUT2D eigenvalue weighted by molar-refractivity contribution is 7.89. The Bertz CT molecular complexity index is 983. The van der Waals surface area contributed by atoms with Crippen LogP contribution in [-0.4, -0.2) is 56.2 Å². The number of hydrogen-bond donors (Lipinski definition) is 1. The summed E-state index contributed by atoms with van der Waals surface area (Å²) in [6, 6.07) is 13.0. The SMILES string of the molecule is NS(=O)(=O)c1ccc(CCC(=O)N2CCN(C(=O)c3ccc(Cl)cc3)CC2)cc1. The molecule has 1 saturated heterocycles. The molecule has 3 rings (SSSR count). The Morgan fingerprint density at radius 2 is 1.45 bits per heavy atom. The van der Waals surface area contributed by atoms with Crippen LogP contribution in [-0.2, 0) is 21.2 Å². The molecular weight excluding hydrogens is 414 g/mol. The zero-order chi connectivity index (χ0) is 21.0. The summed E-state index contributed by atoms with van der Waals surface area (Å²) in [4.78, 5) is 28.5. The molecule has 0 aromatic heterocycles. The molecule has 0 atom stereocenters. The molecule has 154 valence electrons. The highest BCUT2D eigenvalue weighted by atomic mass is 35.5. The molecule has 2 aromatic rings. The summed E-state index contributed by atoms with van der Waals surface area (Å²) in [5, 5.41) is 5.66. The predicted molar refractivity (Wildman–Crippen MR) is 110 cm³/mol. The van der Waals surface area contributed by atoms with Crippen molar-refractivity contribution >= 4 is 33.4 Å². The lowest BCUT2D eigenvalue weighted by Gasteiger charge is -2.35. The molecule has 7 nitrogen and oxygen atoms in total. The Kier molecular flexibility index (Phi) is 6.56. The monoisotopic (exact) mass is 435 g/mol. The van der Waals surface area contributed by atoms with E-state index >= 15 is 0 Å². The van der Waals surface area contributed by atoms with Gasteiger partial charge in [0.15, 0.2) is 0 Å². The number of rotatable bonds is 5. The fourth-order valence-corrected chi connectivity index (χ4v) is 3.83. The molecule has 2 amide bonds. The summed E-state index contributed by atoms with van der Waals surface area (Å²) < 4.78 is 22.6. The first-order valence-electron chi connectivity index (χ1n) is 9.18. The topological polar surface area (TPSA) is 101 Å². The normalized spacial score (nSPS) is 14.7. The van der Waals surface area contributed by atoms with Gasteiger partial charge >= 0.3 is 0 Å². The Morgan fingerprint density at radius 3 is 2.00 bits per heavy atom. The van der Waals surface area contributed by atoms with Gasteiger partial charge in [0.05, 0.1) is 4.90 Å². The van der Waals surface area contributed by atoms with Crippen LogP contribution in [0, 0.1) is 0 Å². The maximum atomic E-state index is 12.5. The van der Waals surface area contributed by atoms with E-state index in [4.69, 9.17) is 16.7 Å². The van der Waals surface area contributed by atoms with E-state index in [9.17, 15) is 18.0 Å². The van der Waals surface area contributed by atoms with Gasteiger partial charge in [-0.2, -0.15) is 0 Å². The number of carbonyl (C=O) groups is 2. The molecule has 1 heterocycles. The third-order valence-electron chi connectivity index (χ3n) is 4.89. The molecule has 0 saturated carbocycles. The standard InChI is InChI=1S/C20H22ClN3O4S/c21-17-6-4-16(5-7-17)20(26)24-13-11-23(12-14-24)19(25)10-3-15-1-8-18(9-2-15)29(22,27)28/h1-2,4-9H,3,10-14H2,(H2,22,27,28). The van der Waals surface area contributed by atoms with E-state index in [1.54, 1.807) is 46.2 Å². The van der Waals surface area contributed by atoms with Crippen LogP contribution >= 0.6 is 11.6 Å². The smallest absolute Gasteiger partial charge is 0.253 e. The van der Waals surface area contributed by atoms with Gasteiger partial charge in [0.1, 0.15) is 0 Å². The van der Waals surface area contributed by atoms with E-state index in [1.165, 1.54) is 12.1 Å². The maximum absolute atomic E-state index is 12.5. The summed E-state index contributed by atoms with van der Waals surface area (Å²) in [6.07, 6.45) is 0.827. The van der Waals surface area contributed by atoms with Crippen molar-refractivity contribution in [3.8, 4) is 0 Å². The van der Waals surface area contributed by atoms with Gasteiger partial charge in [0, 0.05) is 43.2 Å². The molecule has 1 aliphatic heterocycles. The Labute approximate surface area is 175 Å². The quantitative estimate of drug-likeness (QED) is 0.775. The number of amides is 2. The van der Waals surface area contributed by atoms with Crippen LogP contribution in [0.5, 0.6) is 0 Å². The Hall–Kier alpha value is -2.42. The van der Waals surface area contributed by atoms with Gasteiger partial charge in [-0.25, -0.2) is 13.6 Å². The summed E-state index contributed by atoms with van der Waals surface area (Å²) >= 11 is 5.86. The second-order valence-electron chi connectivity index (χ2n) is 6.87. The number of carbonyl (C=O) groups excluding carboxylic acids is 2. The largest absolute Gasteiger partial charge is 0.339 e. The van der Waals surface area contributed by atoms with Gasteiger partial charge in [-0.1, -0.05) is 23.7 Å². The maximum Gasteiger partial charge on any atom is 0.253 e. The van der Waals surface area contributed by atoms with Crippen molar-refractivity contribution < 1.29 is 18.0 Å². The Morgan fingerprint density at radius 1 is 0.897 bits per heavy atom.